The van der Waals surface area contributed by atoms with Crippen molar-refractivity contribution >= 4 is 5.82 Å². The predicted octanol–water partition coefficient (Wildman–Crippen LogP) is 3.13. The van der Waals surface area contributed by atoms with Crippen molar-refractivity contribution in [1.82, 2.24) is 10.3 Å². The van der Waals surface area contributed by atoms with Gasteiger partial charge in [0.15, 0.2) is 0 Å². The van der Waals surface area contributed by atoms with Crippen LogP contribution in [0.1, 0.15) is 50.8 Å². The van der Waals surface area contributed by atoms with Crippen molar-refractivity contribution in [3.8, 4) is 0 Å². The molecule has 2 heterocycles. The molecule has 0 spiro atoms. The van der Waals surface area contributed by atoms with Crippen LogP contribution < -0.4 is 10.2 Å². The second-order valence-electron chi connectivity index (χ2n) is 5.36. The summed E-state index contributed by atoms with van der Waals surface area (Å²) in [5.41, 5.74) is 2.59. The Labute approximate surface area is 117 Å². The van der Waals surface area contributed by atoms with E-state index in [-0.39, 0.29) is 0 Å². The number of pyridine rings is 1. The summed E-state index contributed by atoms with van der Waals surface area (Å²) in [5.74, 6) is 1.19. The highest BCUT2D eigenvalue weighted by Gasteiger charge is 2.12. The molecule has 0 radical (unpaired) electrons. The molecule has 0 aliphatic carbocycles. The van der Waals surface area contributed by atoms with Gasteiger partial charge < -0.3 is 10.2 Å². The van der Waals surface area contributed by atoms with E-state index in [0.29, 0.717) is 0 Å². The molecule has 1 N–H and O–H groups in total. The molecule has 2 rings (SSSR count). The molecule has 1 fully saturated rings. The monoisotopic (exact) mass is 261 g/mol. The fourth-order valence-corrected chi connectivity index (χ4v) is 2.65. The highest BCUT2D eigenvalue weighted by atomic mass is 15.2. The van der Waals surface area contributed by atoms with Gasteiger partial charge in [-0.2, -0.15) is 0 Å². The van der Waals surface area contributed by atoms with Crippen molar-refractivity contribution < 1.29 is 0 Å². The summed E-state index contributed by atoms with van der Waals surface area (Å²) < 4.78 is 0. The summed E-state index contributed by atoms with van der Waals surface area (Å²) in [7, 11) is 0. The lowest BCUT2D eigenvalue weighted by Gasteiger charge is -2.23. The second-order valence-corrected chi connectivity index (χ2v) is 5.36. The maximum Gasteiger partial charge on any atom is 0.129 e. The molecule has 3 heteroatoms. The van der Waals surface area contributed by atoms with Crippen LogP contribution in [0.3, 0.4) is 0 Å². The third-order valence-electron chi connectivity index (χ3n) is 3.80. The standard InChI is InChI=1S/C16H27N3/c1-3-15-11-14(13-17-4-2)12-16(18-15)19-9-7-5-6-8-10-19/h11-12,17H,3-10,13H2,1-2H3. The fraction of sp³-hybridized carbons (Fsp3) is 0.688. The van der Waals surface area contributed by atoms with Gasteiger partial charge in [0.25, 0.3) is 0 Å². The van der Waals surface area contributed by atoms with Crippen LogP contribution >= 0.6 is 0 Å². The van der Waals surface area contributed by atoms with E-state index in [0.717, 1.165) is 19.5 Å². The molecule has 3 nitrogen and oxygen atoms in total. The highest BCUT2D eigenvalue weighted by molar-refractivity contribution is 5.43. The van der Waals surface area contributed by atoms with Crippen LogP contribution in [0.2, 0.25) is 0 Å². The zero-order valence-corrected chi connectivity index (χ0v) is 12.4. The first-order valence-electron chi connectivity index (χ1n) is 7.79. The lowest BCUT2D eigenvalue weighted by Crippen LogP contribution is -2.25. The summed E-state index contributed by atoms with van der Waals surface area (Å²) in [6.07, 6.45) is 6.37. The smallest absolute Gasteiger partial charge is 0.129 e. The quantitative estimate of drug-likeness (QED) is 0.882. The van der Waals surface area contributed by atoms with E-state index in [4.69, 9.17) is 4.98 Å². The van der Waals surface area contributed by atoms with Crippen molar-refractivity contribution in [2.45, 2.75) is 52.5 Å². The molecule has 1 aromatic rings. The Bertz CT molecular complexity index is 382. The van der Waals surface area contributed by atoms with Gasteiger partial charge >= 0.3 is 0 Å². The van der Waals surface area contributed by atoms with Gasteiger partial charge in [0.2, 0.25) is 0 Å². The number of aromatic nitrogens is 1. The van der Waals surface area contributed by atoms with Gasteiger partial charge in [-0.15, -0.1) is 0 Å². The Hall–Kier alpha value is -1.09. The lowest BCUT2D eigenvalue weighted by atomic mass is 10.2. The first-order chi connectivity index (χ1) is 9.33. The fourth-order valence-electron chi connectivity index (χ4n) is 2.65. The maximum absolute atomic E-state index is 4.82. The van der Waals surface area contributed by atoms with E-state index in [9.17, 15) is 0 Å². The second kappa shape index (κ2) is 7.49. The zero-order chi connectivity index (χ0) is 13.5. The molecule has 1 aliphatic rings. The summed E-state index contributed by atoms with van der Waals surface area (Å²) in [6, 6.07) is 4.51. The average molecular weight is 261 g/mol. The molecule has 106 valence electrons. The van der Waals surface area contributed by atoms with E-state index in [1.54, 1.807) is 0 Å². The van der Waals surface area contributed by atoms with Crippen molar-refractivity contribution in [2.75, 3.05) is 24.5 Å². The summed E-state index contributed by atoms with van der Waals surface area (Å²) >= 11 is 0. The summed E-state index contributed by atoms with van der Waals surface area (Å²) in [6.45, 7) is 8.64. The molecular formula is C16H27N3. The molecule has 0 amide bonds. The molecule has 0 aromatic carbocycles. The van der Waals surface area contributed by atoms with Crippen LogP contribution in [0.15, 0.2) is 12.1 Å². The summed E-state index contributed by atoms with van der Waals surface area (Å²) in [5, 5.41) is 3.41. The van der Waals surface area contributed by atoms with E-state index in [2.05, 4.69) is 36.2 Å². The Morgan fingerprint density at radius 2 is 1.84 bits per heavy atom. The molecule has 1 aromatic heterocycles. The number of aryl methyl sites for hydroxylation is 1. The van der Waals surface area contributed by atoms with E-state index in [1.807, 2.05) is 0 Å². The van der Waals surface area contributed by atoms with Gasteiger partial charge in [-0.1, -0.05) is 26.7 Å². The number of hydrogen-bond acceptors (Lipinski definition) is 3. The SMILES string of the molecule is CCNCc1cc(CC)nc(N2CCCCCC2)c1. The first kappa shape index (κ1) is 14.3. The van der Waals surface area contributed by atoms with Gasteiger partial charge in [-0.05, 0) is 43.5 Å². The van der Waals surface area contributed by atoms with Gasteiger partial charge in [0.05, 0.1) is 0 Å². The molecule has 0 saturated carbocycles. The Morgan fingerprint density at radius 1 is 1.11 bits per heavy atom. The van der Waals surface area contributed by atoms with Crippen molar-refractivity contribution in [2.24, 2.45) is 0 Å². The Morgan fingerprint density at radius 3 is 2.47 bits per heavy atom. The number of nitrogens with zero attached hydrogens (tertiary/aromatic N) is 2. The first-order valence-corrected chi connectivity index (χ1v) is 7.79. The number of rotatable bonds is 5. The minimum absolute atomic E-state index is 0.951. The predicted molar refractivity (Wildman–Crippen MR) is 81.7 cm³/mol. The molecule has 1 aliphatic heterocycles. The minimum atomic E-state index is 0.951. The molecule has 0 unspecified atom stereocenters. The van der Waals surface area contributed by atoms with Crippen molar-refractivity contribution in [3.63, 3.8) is 0 Å². The highest BCUT2D eigenvalue weighted by Crippen LogP contribution is 2.20. The molecule has 0 atom stereocenters. The average Bonchev–Trinajstić information content (AvgIpc) is 2.73. The van der Waals surface area contributed by atoms with Crippen molar-refractivity contribution in [1.29, 1.82) is 0 Å². The number of hydrogen-bond donors (Lipinski definition) is 1. The normalized spacial score (nSPS) is 16.4. The van der Waals surface area contributed by atoms with Crippen LogP contribution in [-0.4, -0.2) is 24.6 Å². The minimum Gasteiger partial charge on any atom is -0.357 e. The van der Waals surface area contributed by atoms with Crippen LogP contribution in [0.4, 0.5) is 5.82 Å². The van der Waals surface area contributed by atoms with Crippen LogP contribution in [-0.2, 0) is 13.0 Å². The molecule has 19 heavy (non-hydrogen) atoms. The van der Waals surface area contributed by atoms with E-state index >= 15 is 0 Å². The number of anilines is 1. The Kier molecular flexibility index (Phi) is 5.64. The molecule has 0 bridgehead atoms. The van der Waals surface area contributed by atoms with Crippen LogP contribution in [0.5, 0.6) is 0 Å². The van der Waals surface area contributed by atoms with Crippen molar-refractivity contribution in [3.05, 3.63) is 23.4 Å². The topological polar surface area (TPSA) is 28.2 Å². The molecular weight excluding hydrogens is 234 g/mol. The van der Waals surface area contributed by atoms with Gasteiger partial charge in [0.1, 0.15) is 5.82 Å². The Balaban J connectivity index is 2.17. The van der Waals surface area contributed by atoms with Gasteiger partial charge in [0, 0.05) is 25.3 Å². The maximum atomic E-state index is 4.82. The van der Waals surface area contributed by atoms with Crippen LogP contribution in [0.25, 0.3) is 0 Å². The van der Waals surface area contributed by atoms with Gasteiger partial charge in [-0.3, -0.25) is 0 Å². The van der Waals surface area contributed by atoms with E-state index in [1.165, 1.54) is 55.8 Å². The van der Waals surface area contributed by atoms with Gasteiger partial charge in [-0.25, -0.2) is 4.98 Å². The van der Waals surface area contributed by atoms with Crippen LogP contribution in [0, 0.1) is 0 Å². The van der Waals surface area contributed by atoms with E-state index < -0.39 is 0 Å². The lowest BCUT2D eigenvalue weighted by molar-refractivity contribution is 0.720. The number of nitrogens with one attached hydrogen (secondary N) is 1. The largest absolute Gasteiger partial charge is 0.357 e. The third-order valence-corrected chi connectivity index (χ3v) is 3.80. The zero-order valence-electron chi connectivity index (χ0n) is 12.4. The summed E-state index contributed by atoms with van der Waals surface area (Å²) in [4.78, 5) is 7.30. The molecule has 1 saturated heterocycles. The third kappa shape index (κ3) is 4.20.